The normalized spacial score (nSPS) is 13.4. The molecule has 1 aliphatic rings. The summed E-state index contributed by atoms with van der Waals surface area (Å²) < 4.78 is 49.4. The molecule has 1 N–H and O–H groups in total. The van der Waals surface area contributed by atoms with Crippen molar-refractivity contribution < 1.29 is 37.0 Å². The molecule has 10 heteroatoms. The molecule has 1 atom stereocenters. The summed E-state index contributed by atoms with van der Waals surface area (Å²) in [5.41, 5.74) is 0.609. The summed E-state index contributed by atoms with van der Waals surface area (Å²) in [7, 11) is -2.45. The number of carbonyl (C=O) groups excluding carboxylic acids is 2. The van der Waals surface area contributed by atoms with Gasteiger partial charge in [-0.15, -0.1) is 0 Å². The summed E-state index contributed by atoms with van der Waals surface area (Å²) in [6, 6.07) is 16.6. The van der Waals surface area contributed by atoms with E-state index in [0.717, 1.165) is 0 Å². The molecule has 35 heavy (non-hydrogen) atoms. The fraction of sp³-hybridized carbons (Fsp3) is 0.200. The van der Waals surface area contributed by atoms with E-state index in [1.165, 1.54) is 56.5 Å². The van der Waals surface area contributed by atoms with Gasteiger partial charge in [0.1, 0.15) is 19.0 Å². The molecule has 0 unspecified atom stereocenters. The summed E-state index contributed by atoms with van der Waals surface area (Å²) in [5.74, 6) is 0.267. The Morgan fingerprint density at radius 2 is 1.63 bits per heavy atom. The van der Waals surface area contributed by atoms with Gasteiger partial charge in [-0.25, -0.2) is 13.2 Å². The molecule has 4 rings (SSSR count). The third-order valence-electron chi connectivity index (χ3n) is 5.20. The number of anilines is 1. The highest BCUT2D eigenvalue weighted by atomic mass is 32.2. The van der Waals surface area contributed by atoms with Gasteiger partial charge in [-0.1, -0.05) is 6.07 Å². The van der Waals surface area contributed by atoms with E-state index in [9.17, 15) is 18.0 Å². The largest absolute Gasteiger partial charge is 0.497 e. The Bertz CT molecular complexity index is 1350. The Morgan fingerprint density at radius 3 is 2.34 bits per heavy atom. The van der Waals surface area contributed by atoms with E-state index in [2.05, 4.69) is 4.72 Å². The zero-order chi connectivity index (χ0) is 25.0. The number of hydrogen-bond acceptors (Lipinski definition) is 8. The predicted molar refractivity (Wildman–Crippen MR) is 127 cm³/mol. The maximum Gasteiger partial charge on any atom is 0.338 e. The monoisotopic (exact) mass is 497 g/mol. The summed E-state index contributed by atoms with van der Waals surface area (Å²) >= 11 is 0. The number of hydrogen-bond donors (Lipinski definition) is 1. The molecule has 0 bridgehead atoms. The fourth-order valence-electron chi connectivity index (χ4n) is 3.39. The van der Waals surface area contributed by atoms with Crippen molar-refractivity contribution >= 4 is 27.5 Å². The summed E-state index contributed by atoms with van der Waals surface area (Å²) in [6.07, 6.45) is -1.05. The summed E-state index contributed by atoms with van der Waals surface area (Å²) in [5, 5.41) is 0. The molecule has 1 aliphatic heterocycles. The predicted octanol–water partition coefficient (Wildman–Crippen LogP) is 3.70. The van der Waals surface area contributed by atoms with Crippen molar-refractivity contribution in [2.75, 3.05) is 25.0 Å². The van der Waals surface area contributed by atoms with Gasteiger partial charge in [0.05, 0.1) is 17.6 Å². The highest BCUT2D eigenvalue weighted by Gasteiger charge is 2.22. The van der Waals surface area contributed by atoms with E-state index in [0.29, 0.717) is 36.0 Å². The van der Waals surface area contributed by atoms with Crippen LogP contribution in [0, 0.1) is 0 Å². The number of sulfonamides is 1. The van der Waals surface area contributed by atoms with Crippen molar-refractivity contribution in [3.63, 3.8) is 0 Å². The minimum atomic E-state index is -3.97. The molecule has 3 aromatic carbocycles. The van der Waals surface area contributed by atoms with Crippen LogP contribution in [0.1, 0.15) is 27.6 Å². The second kappa shape index (κ2) is 10.1. The quantitative estimate of drug-likeness (QED) is 0.370. The first-order valence-corrected chi connectivity index (χ1v) is 12.2. The van der Waals surface area contributed by atoms with Gasteiger partial charge in [-0.3, -0.25) is 9.52 Å². The maximum absolute atomic E-state index is 12.9. The Labute approximate surface area is 202 Å². The van der Waals surface area contributed by atoms with Crippen molar-refractivity contribution in [2.45, 2.75) is 17.9 Å². The summed E-state index contributed by atoms with van der Waals surface area (Å²) in [6.45, 7) is 2.19. The van der Waals surface area contributed by atoms with E-state index in [-0.39, 0.29) is 21.9 Å². The van der Waals surface area contributed by atoms with Crippen LogP contribution in [0.15, 0.2) is 71.6 Å². The van der Waals surface area contributed by atoms with Gasteiger partial charge < -0.3 is 18.9 Å². The topological polar surface area (TPSA) is 117 Å². The molecule has 182 valence electrons. The molecule has 0 spiro atoms. The number of benzene rings is 3. The van der Waals surface area contributed by atoms with Crippen molar-refractivity contribution in [3.8, 4) is 17.2 Å². The minimum Gasteiger partial charge on any atom is -0.497 e. The molecule has 0 aromatic heterocycles. The molecule has 0 saturated carbocycles. The van der Waals surface area contributed by atoms with Crippen LogP contribution >= 0.6 is 0 Å². The lowest BCUT2D eigenvalue weighted by Gasteiger charge is -2.19. The molecule has 0 aliphatic carbocycles. The average molecular weight is 498 g/mol. The highest BCUT2D eigenvalue weighted by Crippen LogP contribution is 2.32. The number of Topliss-reactive ketones (excluding diaryl/α,β-unsaturated/α-hetero) is 1. The Morgan fingerprint density at radius 1 is 0.914 bits per heavy atom. The highest BCUT2D eigenvalue weighted by molar-refractivity contribution is 7.92. The lowest BCUT2D eigenvalue weighted by Crippen LogP contribution is -2.24. The van der Waals surface area contributed by atoms with Crippen LogP contribution in [-0.2, 0) is 14.8 Å². The third kappa shape index (κ3) is 5.55. The van der Waals surface area contributed by atoms with Crippen LogP contribution in [0.2, 0.25) is 0 Å². The van der Waals surface area contributed by atoms with E-state index in [1.807, 2.05) is 0 Å². The van der Waals surface area contributed by atoms with Gasteiger partial charge in [0.15, 0.2) is 17.6 Å². The number of rotatable bonds is 8. The standard InChI is InChI=1S/C25H23NO8S/c1-16(24(27)17-6-8-20(31-2)9-7-17)34-25(28)18-4-3-5-19(14-18)26-35(29,30)21-10-11-22-23(15-21)33-13-12-32-22/h3-11,14-16,26H,12-13H2,1-2H3/t16-/m1/s1. The number of methoxy groups -OCH3 is 1. The van der Waals surface area contributed by atoms with E-state index < -0.39 is 22.1 Å². The van der Waals surface area contributed by atoms with Gasteiger partial charge in [-0.2, -0.15) is 0 Å². The van der Waals surface area contributed by atoms with Gasteiger partial charge in [0.25, 0.3) is 10.0 Å². The van der Waals surface area contributed by atoms with Gasteiger partial charge in [-0.05, 0) is 61.5 Å². The number of carbonyl (C=O) groups is 2. The van der Waals surface area contributed by atoms with Gasteiger partial charge in [0.2, 0.25) is 5.78 Å². The first-order valence-electron chi connectivity index (χ1n) is 10.7. The second-order valence-electron chi connectivity index (χ2n) is 7.63. The smallest absolute Gasteiger partial charge is 0.338 e. The second-order valence-corrected chi connectivity index (χ2v) is 9.31. The molecule has 9 nitrogen and oxygen atoms in total. The van der Waals surface area contributed by atoms with Crippen LogP contribution in [0.4, 0.5) is 5.69 Å². The van der Waals surface area contributed by atoms with Crippen molar-refractivity contribution in [2.24, 2.45) is 0 Å². The van der Waals surface area contributed by atoms with Gasteiger partial charge in [0, 0.05) is 17.3 Å². The van der Waals surface area contributed by atoms with Crippen molar-refractivity contribution in [3.05, 3.63) is 77.9 Å². The lowest BCUT2D eigenvalue weighted by atomic mass is 10.1. The number of fused-ring (bicyclic) bond motifs is 1. The van der Waals surface area contributed by atoms with E-state index >= 15 is 0 Å². The summed E-state index contributed by atoms with van der Waals surface area (Å²) in [4.78, 5) is 25.2. The third-order valence-corrected chi connectivity index (χ3v) is 6.58. The molecule has 0 saturated heterocycles. The molecule has 0 fully saturated rings. The number of nitrogens with one attached hydrogen (secondary N) is 1. The molecule has 0 radical (unpaired) electrons. The lowest BCUT2D eigenvalue weighted by molar-refractivity contribution is 0.0319. The zero-order valence-electron chi connectivity index (χ0n) is 19.0. The zero-order valence-corrected chi connectivity index (χ0v) is 19.8. The van der Waals surface area contributed by atoms with Crippen LogP contribution in [-0.4, -0.2) is 46.6 Å². The number of ketones is 1. The Balaban J connectivity index is 1.45. The molecule has 1 heterocycles. The van der Waals surface area contributed by atoms with Crippen molar-refractivity contribution in [1.29, 1.82) is 0 Å². The Hall–Kier alpha value is -4.05. The van der Waals surface area contributed by atoms with E-state index in [4.69, 9.17) is 18.9 Å². The van der Waals surface area contributed by atoms with Crippen LogP contribution in [0.5, 0.6) is 17.2 Å². The Kier molecular flexibility index (Phi) is 6.92. The molecule has 0 amide bonds. The first-order chi connectivity index (χ1) is 16.8. The molecule has 3 aromatic rings. The van der Waals surface area contributed by atoms with Gasteiger partial charge >= 0.3 is 5.97 Å². The van der Waals surface area contributed by atoms with Crippen molar-refractivity contribution in [1.82, 2.24) is 0 Å². The van der Waals surface area contributed by atoms with Crippen LogP contribution in [0.25, 0.3) is 0 Å². The van der Waals surface area contributed by atoms with Crippen LogP contribution < -0.4 is 18.9 Å². The minimum absolute atomic E-state index is 0.0200. The van der Waals surface area contributed by atoms with E-state index in [1.54, 1.807) is 24.3 Å². The fourth-order valence-corrected chi connectivity index (χ4v) is 4.45. The number of esters is 1. The number of ether oxygens (including phenoxy) is 4. The molecular weight excluding hydrogens is 474 g/mol. The first kappa shape index (κ1) is 24.1. The SMILES string of the molecule is COc1ccc(C(=O)[C@@H](C)OC(=O)c2cccc(NS(=O)(=O)c3ccc4c(c3)OCCO4)c2)cc1. The van der Waals surface area contributed by atoms with Crippen LogP contribution in [0.3, 0.4) is 0 Å². The average Bonchev–Trinajstić information content (AvgIpc) is 2.87. The maximum atomic E-state index is 12.9. The molecular formula is C25H23NO8S.